The summed E-state index contributed by atoms with van der Waals surface area (Å²) >= 11 is 0. The summed E-state index contributed by atoms with van der Waals surface area (Å²) in [6.07, 6.45) is 2.96. The quantitative estimate of drug-likeness (QED) is 0.627. The normalized spacial score (nSPS) is 9.58. The number of unbranched alkanes of at least 4 members (excludes halogenated alkanes) is 1. The molecule has 0 bridgehead atoms. The van der Waals surface area contributed by atoms with Crippen LogP contribution in [0.5, 0.6) is 0 Å². The number of ether oxygens (including phenoxy) is 1. The molecule has 0 fully saturated rings. The average Bonchev–Trinajstić information content (AvgIpc) is 2.57. The van der Waals surface area contributed by atoms with Gasteiger partial charge in [0.05, 0.1) is 12.3 Å². The smallest absolute Gasteiger partial charge is 0.129 e. The molecule has 0 saturated carbocycles. The van der Waals surface area contributed by atoms with E-state index in [0.717, 1.165) is 12.2 Å². The van der Waals surface area contributed by atoms with Crippen molar-refractivity contribution < 1.29 is 9.15 Å². The Morgan fingerprint density at radius 2 is 2.50 bits per heavy atom. The van der Waals surface area contributed by atoms with Crippen LogP contribution in [0.2, 0.25) is 0 Å². The van der Waals surface area contributed by atoms with Gasteiger partial charge in [-0.05, 0) is 18.6 Å². The van der Waals surface area contributed by atoms with Crippen molar-refractivity contribution in [1.29, 1.82) is 5.26 Å². The second kappa shape index (κ2) is 5.39. The van der Waals surface area contributed by atoms with Crippen LogP contribution in [0.25, 0.3) is 0 Å². The van der Waals surface area contributed by atoms with Crippen LogP contribution < -0.4 is 0 Å². The average molecular weight is 165 g/mol. The lowest BCUT2D eigenvalue weighted by molar-refractivity contribution is 0.105. The van der Waals surface area contributed by atoms with E-state index in [0.29, 0.717) is 19.6 Å². The first-order chi connectivity index (χ1) is 5.93. The molecule has 1 aromatic rings. The fourth-order valence-corrected chi connectivity index (χ4v) is 0.821. The van der Waals surface area contributed by atoms with E-state index in [1.54, 1.807) is 6.26 Å². The highest BCUT2D eigenvalue weighted by atomic mass is 16.5. The second-order valence-corrected chi connectivity index (χ2v) is 2.39. The molecule has 64 valence electrons. The Hall–Kier alpha value is -1.27. The predicted molar refractivity (Wildman–Crippen MR) is 43.2 cm³/mol. The number of hydrogen-bond donors (Lipinski definition) is 0. The van der Waals surface area contributed by atoms with Gasteiger partial charge in [0.25, 0.3) is 0 Å². The minimum atomic E-state index is 0.498. The Bertz CT molecular complexity index is 236. The molecule has 3 nitrogen and oxygen atoms in total. The number of rotatable bonds is 5. The highest BCUT2D eigenvalue weighted by molar-refractivity contribution is 4.95. The summed E-state index contributed by atoms with van der Waals surface area (Å²) in [5.74, 6) is 0.826. The Morgan fingerprint density at radius 3 is 3.17 bits per heavy atom. The Kier molecular flexibility index (Phi) is 3.96. The third-order valence-corrected chi connectivity index (χ3v) is 1.40. The van der Waals surface area contributed by atoms with Gasteiger partial charge >= 0.3 is 0 Å². The van der Waals surface area contributed by atoms with E-state index in [2.05, 4.69) is 6.07 Å². The van der Waals surface area contributed by atoms with Gasteiger partial charge in [-0.25, -0.2) is 0 Å². The van der Waals surface area contributed by atoms with E-state index in [-0.39, 0.29) is 0 Å². The fourth-order valence-electron chi connectivity index (χ4n) is 0.821. The van der Waals surface area contributed by atoms with Crippen LogP contribution in [0.4, 0.5) is 0 Å². The number of furan rings is 1. The summed E-state index contributed by atoms with van der Waals surface area (Å²) in [4.78, 5) is 0. The highest BCUT2D eigenvalue weighted by Gasteiger charge is 1.94. The molecule has 0 aromatic carbocycles. The summed E-state index contributed by atoms with van der Waals surface area (Å²) in [5, 5.41) is 8.23. The van der Waals surface area contributed by atoms with Crippen LogP contribution in [0, 0.1) is 11.3 Å². The molecule has 0 saturated heterocycles. The molecule has 1 rings (SSSR count). The minimum absolute atomic E-state index is 0.498. The lowest BCUT2D eigenvalue weighted by Crippen LogP contribution is -1.93. The minimum Gasteiger partial charge on any atom is -0.467 e. The molecule has 3 heteroatoms. The number of nitrogens with zero attached hydrogens (tertiary/aromatic N) is 1. The standard InChI is InChI=1S/C9H11NO2/c10-5-1-2-6-11-8-9-4-3-7-12-9/h3-4,7H,1-2,6,8H2. The van der Waals surface area contributed by atoms with Crippen molar-refractivity contribution in [1.82, 2.24) is 0 Å². The highest BCUT2D eigenvalue weighted by Crippen LogP contribution is 2.02. The SMILES string of the molecule is N#CCCCOCc1ccco1. The zero-order chi connectivity index (χ0) is 8.65. The van der Waals surface area contributed by atoms with Gasteiger partial charge in [0, 0.05) is 13.0 Å². The Labute approximate surface area is 71.6 Å². The third-order valence-electron chi connectivity index (χ3n) is 1.40. The Morgan fingerprint density at radius 1 is 1.58 bits per heavy atom. The van der Waals surface area contributed by atoms with E-state index in [1.807, 2.05) is 12.1 Å². The van der Waals surface area contributed by atoms with Crippen molar-refractivity contribution in [2.75, 3.05) is 6.61 Å². The predicted octanol–water partition coefficient (Wildman–Crippen LogP) is 2.10. The third kappa shape index (κ3) is 3.22. The molecule has 0 aliphatic rings. The zero-order valence-corrected chi connectivity index (χ0v) is 6.82. The van der Waals surface area contributed by atoms with E-state index in [4.69, 9.17) is 14.4 Å². The summed E-state index contributed by atoms with van der Waals surface area (Å²) < 4.78 is 10.3. The first-order valence-electron chi connectivity index (χ1n) is 3.90. The number of nitriles is 1. The van der Waals surface area contributed by atoms with Crippen molar-refractivity contribution in [3.05, 3.63) is 24.2 Å². The molecule has 0 radical (unpaired) electrons. The van der Waals surface area contributed by atoms with E-state index < -0.39 is 0 Å². The maximum Gasteiger partial charge on any atom is 0.129 e. The van der Waals surface area contributed by atoms with Gasteiger partial charge in [-0.3, -0.25) is 0 Å². The van der Waals surface area contributed by atoms with Gasteiger partial charge in [-0.15, -0.1) is 0 Å². The van der Waals surface area contributed by atoms with Crippen LogP contribution in [0.15, 0.2) is 22.8 Å². The van der Waals surface area contributed by atoms with Crippen LogP contribution in [0.1, 0.15) is 18.6 Å². The lowest BCUT2D eigenvalue weighted by Gasteiger charge is -1.98. The van der Waals surface area contributed by atoms with Crippen molar-refractivity contribution in [2.24, 2.45) is 0 Å². The molecule has 0 N–H and O–H groups in total. The van der Waals surface area contributed by atoms with E-state index in [1.165, 1.54) is 0 Å². The summed E-state index contributed by atoms with van der Waals surface area (Å²) in [6, 6.07) is 5.75. The molecule has 0 unspecified atom stereocenters. The van der Waals surface area contributed by atoms with Crippen molar-refractivity contribution in [3.63, 3.8) is 0 Å². The molecule has 0 aliphatic heterocycles. The maximum atomic E-state index is 8.23. The topological polar surface area (TPSA) is 46.2 Å². The maximum absolute atomic E-state index is 8.23. The first kappa shape index (κ1) is 8.82. The monoisotopic (exact) mass is 165 g/mol. The second-order valence-electron chi connectivity index (χ2n) is 2.39. The van der Waals surface area contributed by atoms with Crippen molar-refractivity contribution in [2.45, 2.75) is 19.4 Å². The number of hydrogen-bond acceptors (Lipinski definition) is 3. The first-order valence-corrected chi connectivity index (χ1v) is 3.90. The molecule has 0 amide bonds. The van der Waals surface area contributed by atoms with E-state index in [9.17, 15) is 0 Å². The summed E-state index contributed by atoms with van der Waals surface area (Å²) in [6.45, 7) is 1.12. The molecule has 12 heavy (non-hydrogen) atoms. The van der Waals surface area contributed by atoms with Gasteiger partial charge in [0.2, 0.25) is 0 Å². The molecule has 0 atom stereocenters. The fraction of sp³-hybridized carbons (Fsp3) is 0.444. The van der Waals surface area contributed by atoms with Crippen LogP contribution >= 0.6 is 0 Å². The lowest BCUT2D eigenvalue weighted by atomic mass is 10.3. The van der Waals surface area contributed by atoms with Crippen molar-refractivity contribution in [3.8, 4) is 6.07 Å². The molecular formula is C9H11NO2. The zero-order valence-electron chi connectivity index (χ0n) is 6.82. The van der Waals surface area contributed by atoms with Gasteiger partial charge in [-0.1, -0.05) is 0 Å². The van der Waals surface area contributed by atoms with Crippen molar-refractivity contribution >= 4 is 0 Å². The van der Waals surface area contributed by atoms with Crippen LogP contribution in [-0.2, 0) is 11.3 Å². The Balaban J connectivity index is 2.01. The summed E-state index contributed by atoms with van der Waals surface area (Å²) in [7, 11) is 0. The molecule has 1 heterocycles. The van der Waals surface area contributed by atoms with E-state index >= 15 is 0 Å². The molecular weight excluding hydrogens is 154 g/mol. The van der Waals surface area contributed by atoms with Gasteiger partial charge in [0.15, 0.2) is 0 Å². The van der Waals surface area contributed by atoms with Gasteiger partial charge in [-0.2, -0.15) is 5.26 Å². The van der Waals surface area contributed by atoms with Gasteiger partial charge < -0.3 is 9.15 Å². The molecule has 0 aliphatic carbocycles. The summed E-state index contributed by atoms with van der Waals surface area (Å²) in [5.41, 5.74) is 0. The molecule has 0 spiro atoms. The van der Waals surface area contributed by atoms with Gasteiger partial charge in [0.1, 0.15) is 12.4 Å². The molecule has 1 aromatic heterocycles. The largest absolute Gasteiger partial charge is 0.467 e. The van der Waals surface area contributed by atoms with Crippen LogP contribution in [-0.4, -0.2) is 6.61 Å². The van der Waals surface area contributed by atoms with Crippen LogP contribution in [0.3, 0.4) is 0 Å².